The monoisotopic (exact) mass is 409 g/mol. The summed E-state index contributed by atoms with van der Waals surface area (Å²) < 4.78 is 11.2. The molecular weight excluding hydrogens is 378 g/mol. The number of fused-ring (bicyclic) bond motifs is 3. The van der Waals surface area contributed by atoms with E-state index >= 15 is 0 Å². The van der Waals surface area contributed by atoms with Crippen LogP contribution >= 0.6 is 0 Å². The van der Waals surface area contributed by atoms with Gasteiger partial charge in [-0.25, -0.2) is 9.59 Å². The van der Waals surface area contributed by atoms with Gasteiger partial charge in [-0.3, -0.25) is 4.90 Å². The van der Waals surface area contributed by atoms with Crippen molar-refractivity contribution in [3.8, 4) is 11.1 Å². The van der Waals surface area contributed by atoms with E-state index in [0.29, 0.717) is 6.42 Å². The highest BCUT2D eigenvalue weighted by molar-refractivity contribution is 5.82. The number of carbonyl (C=O) groups excluding carboxylic acids is 2. The molecule has 0 spiro atoms. The molecule has 0 unspecified atom stereocenters. The van der Waals surface area contributed by atoms with Gasteiger partial charge in [-0.2, -0.15) is 0 Å². The van der Waals surface area contributed by atoms with Crippen molar-refractivity contribution < 1.29 is 19.1 Å². The molecule has 0 radical (unpaired) electrons. The van der Waals surface area contributed by atoms with Gasteiger partial charge in [0.25, 0.3) is 0 Å². The Bertz CT molecular complexity index is 870. The number of likely N-dealkylation sites (N-methyl/N-ethyl adjacent to an activating group) is 1. The highest BCUT2D eigenvalue weighted by Gasteiger charge is 2.33. The first-order valence-electron chi connectivity index (χ1n) is 10.5. The van der Waals surface area contributed by atoms with Gasteiger partial charge in [0.05, 0.1) is 0 Å². The van der Waals surface area contributed by atoms with Gasteiger partial charge < -0.3 is 9.47 Å². The third kappa shape index (κ3) is 4.66. The Labute approximate surface area is 179 Å². The minimum absolute atomic E-state index is 0.0131. The Kier molecular flexibility index (Phi) is 6.49. The smallest absolute Gasteiger partial charge is 0.410 e. The second-order valence-electron chi connectivity index (χ2n) is 8.75. The largest absolute Gasteiger partial charge is 0.458 e. The number of benzene rings is 2. The normalized spacial score (nSPS) is 13.9. The lowest BCUT2D eigenvalue weighted by atomic mass is 9.98. The van der Waals surface area contributed by atoms with Gasteiger partial charge in [0, 0.05) is 13.0 Å². The summed E-state index contributed by atoms with van der Waals surface area (Å²) in [7, 11) is 1.60. The number of nitrogens with zero attached hydrogens (tertiary/aromatic N) is 1. The SMILES string of the molecule is CCC[C@@H](C(=O)OC(C)(C)C)N(C)C(=O)OCC1c2ccccc2-c2ccccc21. The second-order valence-corrected chi connectivity index (χ2v) is 8.75. The van der Waals surface area contributed by atoms with Crippen LogP contribution in [0.5, 0.6) is 0 Å². The first kappa shape index (κ1) is 21.9. The van der Waals surface area contributed by atoms with E-state index < -0.39 is 23.7 Å². The number of hydrogen-bond donors (Lipinski definition) is 0. The zero-order valence-electron chi connectivity index (χ0n) is 18.5. The summed E-state index contributed by atoms with van der Waals surface area (Å²) in [5, 5.41) is 0. The van der Waals surface area contributed by atoms with E-state index in [9.17, 15) is 9.59 Å². The number of esters is 1. The maximum atomic E-state index is 12.8. The van der Waals surface area contributed by atoms with Crippen molar-refractivity contribution in [1.82, 2.24) is 4.90 Å². The Morgan fingerprint density at radius 3 is 2.03 bits per heavy atom. The summed E-state index contributed by atoms with van der Waals surface area (Å²) in [6.07, 6.45) is 0.765. The molecule has 1 atom stereocenters. The first-order chi connectivity index (χ1) is 14.2. The maximum Gasteiger partial charge on any atom is 0.410 e. The summed E-state index contributed by atoms with van der Waals surface area (Å²) >= 11 is 0. The van der Waals surface area contributed by atoms with Crippen molar-refractivity contribution in [2.75, 3.05) is 13.7 Å². The number of amides is 1. The standard InChI is InChI=1S/C25H31NO4/c1-6-11-22(23(27)30-25(2,3)4)26(5)24(28)29-16-21-19-14-9-7-12-17(19)18-13-8-10-15-20(18)21/h7-10,12-15,21-22H,6,11,16H2,1-5H3/t22-/m0/s1. The van der Waals surface area contributed by atoms with Gasteiger partial charge in [-0.15, -0.1) is 0 Å². The number of ether oxygens (including phenoxy) is 2. The van der Waals surface area contributed by atoms with Crippen LogP contribution in [0, 0.1) is 0 Å². The molecule has 1 amide bonds. The second kappa shape index (κ2) is 8.90. The van der Waals surface area contributed by atoms with E-state index in [2.05, 4.69) is 24.3 Å². The molecule has 0 aliphatic heterocycles. The quantitative estimate of drug-likeness (QED) is 0.601. The minimum atomic E-state index is -0.662. The molecule has 2 aromatic carbocycles. The van der Waals surface area contributed by atoms with Crippen LogP contribution in [0.1, 0.15) is 57.6 Å². The van der Waals surface area contributed by atoms with Crippen molar-refractivity contribution in [3.63, 3.8) is 0 Å². The highest BCUT2D eigenvalue weighted by atomic mass is 16.6. The number of rotatable bonds is 6. The zero-order valence-corrected chi connectivity index (χ0v) is 18.5. The van der Waals surface area contributed by atoms with Crippen LogP contribution in [0.3, 0.4) is 0 Å². The van der Waals surface area contributed by atoms with E-state index in [-0.39, 0.29) is 12.5 Å². The average molecular weight is 410 g/mol. The molecule has 0 N–H and O–H groups in total. The zero-order chi connectivity index (χ0) is 21.9. The summed E-state index contributed by atoms with van der Waals surface area (Å²) in [5.74, 6) is -0.416. The fraction of sp³-hybridized carbons (Fsp3) is 0.440. The minimum Gasteiger partial charge on any atom is -0.458 e. The van der Waals surface area contributed by atoms with E-state index in [1.807, 2.05) is 52.0 Å². The van der Waals surface area contributed by atoms with Gasteiger partial charge in [-0.05, 0) is 49.4 Å². The molecule has 0 aromatic heterocycles. The van der Waals surface area contributed by atoms with Crippen molar-refractivity contribution in [2.45, 2.75) is 58.1 Å². The average Bonchev–Trinajstić information content (AvgIpc) is 3.02. The van der Waals surface area contributed by atoms with Crippen LogP contribution in [0.15, 0.2) is 48.5 Å². The number of hydrogen-bond acceptors (Lipinski definition) is 4. The Morgan fingerprint density at radius 1 is 1.00 bits per heavy atom. The van der Waals surface area contributed by atoms with Crippen LogP contribution in [0.2, 0.25) is 0 Å². The van der Waals surface area contributed by atoms with Crippen molar-refractivity contribution in [3.05, 3.63) is 59.7 Å². The van der Waals surface area contributed by atoms with Crippen LogP contribution in [-0.2, 0) is 14.3 Å². The summed E-state index contributed by atoms with van der Waals surface area (Å²) in [6, 6.07) is 15.8. The van der Waals surface area contributed by atoms with Crippen LogP contribution in [0.25, 0.3) is 11.1 Å². The fourth-order valence-electron chi connectivity index (χ4n) is 3.94. The molecule has 5 heteroatoms. The van der Waals surface area contributed by atoms with Crippen LogP contribution in [0.4, 0.5) is 4.79 Å². The van der Waals surface area contributed by atoms with Gasteiger partial charge in [0.1, 0.15) is 18.2 Å². The molecule has 0 saturated carbocycles. The lowest BCUT2D eigenvalue weighted by Crippen LogP contribution is -2.45. The molecular formula is C25H31NO4. The first-order valence-corrected chi connectivity index (χ1v) is 10.5. The van der Waals surface area contributed by atoms with Gasteiger partial charge in [-0.1, -0.05) is 61.9 Å². The van der Waals surface area contributed by atoms with Gasteiger partial charge >= 0.3 is 12.1 Å². The summed E-state index contributed by atoms with van der Waals surface area (Å²) in [6.45, 7) is 7.66. The van der Waals surface area contributed by atoms with E-state index in [4.69, 9.17) is 9.47 Å². The summed E-state index contributed by atoms with van der Waals surface area (Å²) in [4.78, 5) is 26.8. The Hall–Kier alpha value is -2.82. The van der Waals surface area contributed by atoms with Gasteiger partial charge in [0.2, 0.25) is 0 Å². The van der Waals surface area contributed by atoms with Crippen molar-refractivity contribution in [1.29, 1.82) is 0 Å². The third-order valence-corrected chi connectivity index (χ3v) is 5.33. The number of carbonyl (C=O) groups is 2. The Morgan fingerprint density at radius 2 is 1.53 bits per heavy atom. The van der Waals surface area contributed by atoms with Gasteiger partial charge in [0.15, 0.2) is 0 Å². The molecule has 3 rings (SSSR count). The van der Waals surface area contributed by atoms with Crippen molar-refractivity contribution in [2.24, 2.45) is 0 Å². The lowest BCUT2D eigenvalue weighted by Gasteiger charge is -2.29. The molecule has 0 fully saturated rings. The lowest BCUT2D eigenvalue weighted by molar-refractivity contribution is -0.160. The molecule has 0 heterocycles. The fourth-order valence-corrected chi connectivity index (χ4v) is 3.94. The molecule has 1 aliphatic carbocycles. The maximum absolute atomic E-state index is 12.8. The molecule has 1 aliphatic rings. The molecule has 2 aromatic rings. The molecule has 0 bridgehead atoms. The predicted molar refractivity (Wildman–Crippen MR) is 117 cm³/mol. The Balaban J connectivity index is 1.72. The topological polar surface area (TPSA) is 55.8 Å². The van der Waals surface area contributed by atoms with Crippen molar-refractivity contribution >= 4 is 12.1 Å². The molecule has 0 saturated heterocycles. The molecule has 5 nitrogen and oxygen atoms in total. The van der Waals surface area contributed by atoms with E-state index in [1.54, 1.807) is 7.05 Å². The van der Waals surface area contributed by atoms with Crippen LogP contribution in [-0.4, -0.2) is 42.3 Å². The highest BCUT2D eigenvalue weighted by Crippen LogP contribution is 2.44. The molecule has 30 heavy (non-hydrogen) atoms. The predicted octanol–water partition coefficient (Wildman–Crippen LogP) is 5.38. The summed E-state index contributed by atoms with van der Waals surface area (Å²) in [5.41, 5.74) is 4.07. The van der Waals surface area contributed by atoms with E-state index in [0.717, 1.165) is 17.5 Å². The van der Waals surface area contributed by atoms with E-state index in [1.165, 1.54) is 16.0 Å². The third-order valence-electron chi connectivity index (χ3n) is 5.33. The van der Waals surface area contributed by atoms with Crippen LogP contribution < -0.4 is 0 Å². The molecule has 160 valence electrons.